The van der Waals surface area contributed by atoms with E-state index >= 15 is 0 Å². The van der Waals surface area contributed by atoms with Crippen molar-refractivity contribution in [2.75, 3.05) is 11.6 Å². The van der Waals surface area contributed by atoms with Crippen LogP contribution < -0.4 is 5.32 Å². The van der Waals surface area contributed by atoms with Crippen molar-refractivity contribution in [3.8, 4) is 0 Å². The van der Waals surface area contributed by atoms with Gasteiger partial charge in [0.05, 0.1) is 22.9 Å². The van der Waals surface area contributed by atoms with Gasteiger partial charge >= 0.3 is 5.97 Å². The molecule has 0 saturated heterocycles. The van der Waals surface area contributed by atoms with Gasteiger partial charge in [-0.15, -0.1) is 0 Å². The van der Waals surface area contributed by atoms with Crippen molar-refractivity contribution in [2.24, 2.45) is 0 Å². The van der Waals surface area contributed by atoms with Gasteiger partial charge in [0, 0.05) is 5.69 Å². The van der Waals surface area contributed by atoms with E-state index in [0.29, 0.717) is 12.2 Å². The van der Waals surface area contributed by atoms with Crippen LogP contribution in [0.25, 0.3) is 0 Å². The highest BCUT2D eigenvalue weighted by Crippen LogP contribution is 2.21. The van der Waals surface area contributed by atoms with Crippen LogP contribution >= 0.6 is 23.4 Å². The molecule has 2 rings (SSSR count). The van der Waals surface area contributed by atoms with Crippen molar-refractivity contribution in [3.05, 3.63) is 52.4 Å². The number of thioether (sulfide) groups is 1. The summed E-state index contributed by atoms with van der Waals surface area (Å²) in [5, 5.41) is 12.3. The summed E-state index contributed by atoms with van der Waals surface area (Å²) in [5.41, 5.74) is 0.772. The van der Waals surface area contributed by atoms with Crippen molar-refractivity contribution < 1.29 is 14.3 Å². The molecule has 0 unspecified atom stereocenters. The lowest BCUT2D eigenvalue weighted by molar-refractivity contribution is 0.0697. The first-order chi connectivity index (χ1) is 9.60. The molecule has 0 spiro atoms. The molecule has 4 nitrogen and oxygen atoms in total. The standard InChI is InChI=1S/C14H14ClNO3S/c1-20-8-11-4-3-10(19-11)7-16-9-2-5-13(15)12(6-9)14(17)18/h2-6,16H,7-8H2,1H3,(H,17,18). The maximum absolute atomic E-state index is 11.0. The summed E-state index contributed by atoms with van der Waals surface area (Å²) in [6, 6.07) is 8.66. The van der Waals surface area contributed by atoms with Gasteiger partial charge in [-0.1, -0.05) is 11.6 Å². The average molecular weight is 312 g/mol. The van der Waals surface area contributed by atoms with Crippen molar-refractivity contribution in [2.45, 2.75) is 12.3 Å². The third kappa shape index (κ3) is 3.71. The normalized spacial score (nSPS) is 10.5. The predicted molar refractivity (Wildman–Crippen MR) is 81.7 cm³/mol. The minimum Gasteiger partial charge on any atom is -0.478 e. The molecule has 0 aliphatic rings. The number of aromatic carboxylic acids is 1. The number of rotatable bonds is 6. The van der Waals surface area contributed by atoms with Crippen LogP contribution in [-0.4, -0.2) is 17.3 Å². The zero-order valence-corrected chi connectivity index (χ0v) is 12.4. The lowest BCUT2D eigenvalue weighted by atomic mass is 10.2. The number of hydrogen-bond acceptors (Lipinski definition) is 4. The fourth-order valence-electron chi connectivity index (χ4n) is 1.73. The Balaban J connectivity index is 2.03. The van der Waals surface area contributed by atoms with Crippen LogP contribution in [0, 0.1) is 0 Å². The van der Waals surface area contributed by atoms with Crippen LogP contribution in [0.15, 0.2) is 34.7 Å². The molecule has 1 heterocycles. The molecular formula is C14H14ClNO3S. The topological polar surface area (TPSA) is 62.5 Å². The molecule has 0 aliphatic carbocycles. The Labute approximate surface area is 126 Å². The summed E-state index contributed by atoms with van der Waals surface area (Å²) in [6.45, 7) is 0.495. The first-order valence-electron chi connectivity index (χ1n) is 5.93. The Bertz CT molecular complexity index is 612. The minimum absolute atomic E-state index is 0.0826. The highest BCUT2D eigenvalue weighted by atomic mass is 35.5. The van der Waals surface area contributed by atoms with Crippen molar-refractivity contribution in [1.82, 2.24) is 0 Å². The SMILES string of the molecule is CSCc1ccc(CNc2ccc(Cl)c(C(=O)O)c2)o1. The Morgan fingerprint density at radius 2 is 2.10 bits per heavy atom. The largest absolute Gasteiger partial charge is 0.478 e. The predicted octanol–water partition coefficient (Wildman–Crippen LogP) is 4.11. The quantitative estimate of drug-likeness (QED) is 0.840. The van der Waals surface area contributed by atoms with Crippen LogP contribution in [0.3, 0.4) is 0 Å². The number of carboxylic acids is 1. The second-order valence-corrected chi connectivity index (χ2v) is 5.43. The van der Waals surface area contributed by atoms with Gasteiger partial charge in [-0.05, 0) is 36.6 Å². The van der Waals surface area contributed by atoms with E-state index in [-0.39, 0.29) is 10.6 Å². The van der Waals surface area contributed by atoms with Gasteiger partial charge in [0.25, 0.3) is 0 Å². The Morgan fingerprint density at radius 1 is 1.35 bits per heavy atom. The zero-order valence-electron chi connectivity index (χ0n) is 10.9. The fourth-order valence-corrected chi connectivity index (χ4v) is 2.36. The van der Waals surface area contributed by atoms with Crippen molar-refractivity contribution in [3.63, 3.8) is 0 Å². The summed E-state index contributed by atoms with van der Waals surface area (Å²) in [4.78, 5) is 11.0. The fraction of sp³-hybridized carbons (Fsp3) is 0.214. The lowest BCUT2D eigenvalue weighted by Gasteiger charge is -2.06. The third-order valence-corrected chi connectivity index (χ3v) is 3.57. The Hall–Kier alpha value is -1.59. The third-order valence-electron chi connectivity index (χ3n) is 2.67. The summed E-state index contributed by atoms with van der Waals surface area (Å²) in [5.74, 6) is 1.53. The number of benzene rings is 1. The van der Waals surface area contributed by atoms with Gasteiger partial charge in [0.15, 0.2) is 0 Å². The number of hydrogen-bond donors (Lipinski definition) is 2. The number of halogens is 1. The number of furan rings is 1. The van der Waals surface area contributed by atoms with Crippen molar-refractivity contribution >= 4 is 35.0 Å². The van der Waals surface area contributed by atoms with Crippen LogP contribution in [0.5, 0.6) is 0 Å². The first kappa shape index (κ1) is 14.8. The molecule has 0 fully saturated rings. The second kappa shape index (κ2) is 6.72. The molecule has 1 aromatic heterocycles. The van der Waals surface area contributed by atoms with E-state index in [9.17, 15) is 4.79 Å². The maximum Gasteiger partial charge on any atom is 0.337 e. The number of carbonyl (C=O) groups is 1. The smallest absolute Gasteiger partial charge is 0.337 e. The summed E-state index contributed by atoms with van der Waals surface area (Å²) in [7, 11) is 0. The van der Waals surface area contributed by atoms with E-state index in [1.807, 2.05) is 18.4 Å². The molecule has 0 atom stereocenters. The molecule has 0 saturated carbocycles. The van der Waals surface area contributed by atoms with Crippen molar-refractivity contribution in [1.29, 1.82) is 0 Å². The zero-order chi connectivity index (χ0) is 14.5. The highest BCUT2D eigenvalue weighted by molar-refractivity contribution is 7.97. The first-order valence-corrected chi connectivity index (χ1v) is 7.70. The minimum atomic E-state index is -1.04. The molecule has 0 amide bonds. The molecule has 1 aromatic carbocycles. The van der Waals surface area contributed by atoms with Gasteiger partial charge in [-0.25, -0.2) is 4.79 Å². The highest BCUT2D eigenvalue weighted by Gasteiger charge is 2.09. The molecule has 0 radical (unpaired) electrons. The van der Waals surface area contributed by atoms with E-state index in [1.165, 1.54) is 6.07 Å². The summed E-state index contributed by atoms with van der Waals surface area (Å²) < 4.78 is 5.62. The number of anilines is 1. The van der Waals surface area contributed by atoms with E-state index in [1.54, 1.807) is 23.9 Å². The van der Waals surface area contributed by atoms with Gasteiger partial charge in [-0.3, -0.25) is 0 Å². The van der Waals surface area contributed by atoms with Gasteiger partial charge in [-0.2, -0.15) is 11.8 Å². The molecule has 6 heteroatoms. The molecule has 2 N–H and O–H groups in total. The van der Waals surface area contributed by atoms with Crippen LogP contribution in [0.1, 0.15) is 21.9 Å². The van der Waals surface area contributed by atoms with Gasteiger partial charge < -0.3 is 14.8 Å². The Morgan fingerprint density at radius 3 is 2.80 bits per heavy atom. The van der Waals surface area contributed by atoms with E-state index in [4.69, 9.17) is 21.1 Å². The summed E-state index contributed by atoms with van der Waals surface area (Å²) >= 11 is 7.51. The monoisotopic (exact) mass is 311 g/mol. The maximum atomic E-state index is 11.0. The van der Waals surface area contributed by atoms with E-state index < -0.39 is 5.97 Å². The van der Waals surface area contributed by atoms with Crippen LogP contribution in [0.4, 0.5) is 5.69 Å². The van der Waals surface area contributed by atoms with Gasteiger partial charge in [0.2, 0.25) is 0 Å². The molecule has 0 bridgehead atoms. The molecular weight excluding hydrogens is 298 g/mol. The average Bonchev–Trinajstić information content (AvgIpc) is 2.86. The van der Waals surface area contributed by atoms with Crippen LogP contribution in [0.2, 0.25) is 5.02 Å². The molecule has 2 aromatic rings. The van der Waals surface area contributed by atoms with E-state index in [0.717, 1.165) is 17.3 Å². The Kier molecular flexibility index (Phi) is 4.98. The molecule has 0 aliphatic heterocycles. The van der Waals surface area contributed by atoms with E-state index in [2.05, 4.69) is 5.32 Å². The molecule has 20 heavy (non-hydrogen) atoms. The number of nitrogens with one attached hydrogen (secondary N) is 1. The summed E-state index contributed by atoms with van der Waals surface area (Å²) in [6.07, 6.45) is 2.02. The molecule has 106 valence electrons. The number of carboxylic acid groups (broad SMARTS) is 1. The second-order valence-electron chi connectivity index (χ2n) is 4.15. The van der Waals surface area contributed by atoms with Crippen LogP contribution in [-0.2, 0) is 12.3 Å². The lowest BCUT2D eigenvalue weighted by Crippen LogP contribution is -2.02. The van der Waals surface area contributed by atoms with Gasteiger partial charge in [0.1, 0.15) is 11.5 Å².